The molecule has 0 aromatic carbocycles. The minimum atomic E-state index is -0.688. The zero-order valence-electron chi connectivity index (χ0n) is 9.87. The molecule has 4 nitrogen and oxygen atoms in total. The van der Waals surface area contributed by atoms with Crippen LogP contribution in [0.1, 0.15) is 36.6 Å². The minimum absolute atomic E-state index is 0.0652. The Morgan fingerprint density at radius 3 is 3.00 bits per heavy atom. The highest BCUT2D eigenvalue weighted by Gasteiger charge is 2.33. The number of hydrogen-bond donors (Lipinski definition) is 1. The van der Waals surface area contributed by atoms with Crippen LogP contribution in [0.25, 0.3) is 10.3 Å². The van der Waals surface area contributed by atoms with E-state index in [2.05, 4.69) is 9.97 Å². The van der Waals surface area contributed by atoms with E-state index in [1.807, 2.05) is 12.1 Å². The van der Waals surface area contributed by atoms with Gasteiger partial charge in [-0.3, -0.25) is 4.79 Å². The summed E-state index contributed by atoms with van der Waals surface area (Å²) in [5.74, 6) is -0.901. The molecule has 0 amide bonds. The van der Waals surface area contributed by atoms with Crippen molar-refractivity contribution in [1.82, 2.24) is 9.97 Å². The average Bonchev–Trinajstić information content (AvgIpc) is 2.82. The highest BCUT2D eigenvalue weighted by molar-refractivity contribution is 7.18. The predicted molar refractivity (Wildman–Crippen MR) is 69.7 cm³/mol. The Hall–Kier alpha value is -1.49. The van der Waals surface area contributed by atoms with Gasteiger partial charge in [-0.25, -0.2) is 9.97 Å². The summed E-state index contributed by atoms with van der Waals surface area (Å²) >= 11 is 1.54. The number of carboxylic acid groups (broad SMARTS) is 1. The number of fused-ring (bicyclic) bond motifs is 1. The van der Waals surface area contributed by atoms with Gasteiger partial charge in [0.2, 0.25) is 0 Å². The summed E-state index contributed by atoms with van der Waals surface area (Å²) in [7, 11) is 0. The number of thiazole rings is 1. The summed E-state index contributed by atoms with van der Waals surface area (Å²) in [5.41, 5.74) is 0.882. The maximum atomic E-state index is 11.3. The fourth-order valence-corrected chi connectivity index (χ4v) is 3.77. The third-order valence-electron chi connectivity index (χ3n) is 3.58. The number of aliphatic carboxylic acids is 1. The molecule has 0 aliphatic heterocycles. The smallest absolute Gasteiger partial charge is 0.307 e. The molecule has 0 bridgehead atoms. The second kappa shape index (κ2) is 4.65. The number of hydrogen-bond acceptors (Lipinski definition) is 4. The van der Waals surface area contributed by atoms with E-state index in [0.717, 1.165) is 41.0 Å². The number of rotatable bonds is 2. The Kier molecular flexibility index (Phi) is 2.99. The van der Waals surface area contributed by atoms with Crippen molar-refractivity contribution in [2.24, 2.45) is 5.92 Å². The van der Waals surface area contributed by atoms with Crippen molar-refractivity contribution in [3.63, 3.8) is 0 Å². The van der Waals surface area contributed by atoms with E-state index < -0.39 is 5.97 Å². The first-order valence-electron chi connectivity index (χ1n) is 6.20. The van der Waals surface area contributed by atoms with Gasteiger partial charge in [-0.05, 0) is 25.0 Å². The molecule has 0 radical (unpaired) electrons. The van der Waals surface area contributed by atoms with Gasteiger partial charge in [0.15, 0.2) is 0 Å². The summed E-state index contributed by atoms with van der Waals surface area (Å²) in [6, 6.07) is 3.79. The number of nitrogens with zero attached hydrogens (tertiary/aromatic N) is 2. The lowest BCUT2D eigenvalue weighted by Crippen LogP contribution is -2.25. The van der Waals surface area contributed by atoms with Crippen molar-refractivity contribution in [2.75, 3.05) is 0 Å². The van der Waals surface area contributed by atoms with Crippen LogP contribution in [0.3, 0.4) is 0 Å². The van der Waals surface area contributed by atoms with Gasteiger partial charge in [0, 0.05) is 12.1 Å². The quantitative estimate of drug-likeness (QED) is 0.903. The van der Waals surface area contributed by atoms with Crippen LogP contribution in [0.5, 0.6) is 0 Å². The highest BCUT2D eigenvalue weighted by atomic mass is 32.1. The number of aromatic nitrogens is 2. The van der Waals surface area contributed by atoms with Crippen molar-refractivity contribution < 1.29 is 9.90 Å². The molecule has 1 saturated carbocycles. The molecule has 2 atom stereocenters. The van der Waals surface area contributed by atoms with Crippen LogP contribution in [-0.4, -0.2) is 21.0 Å². The van der Waals surface area contributed by atoms with Crippen LogP contribution in [-0.2, 0) is 4.79 Å². The molecular formula is C13H14N2O2S. The van der Waals surface area contributed by atoms with E-state index in [9.17, 15) is 9.90 Å². The topological polar surface area (TPSA) is 63.1 Å². The number of carbonyl (C=O) groups is 1. The molecule has 18 heavy (non-hydrogen) atoms. The SMILES string of the molecule is O=C(O)C1CCCCC1c1nc2cccnc2s1. The van der Waals surface area contributed by atoms with Gasteiger partial charge < -0.3 is 5.11 Å². The van der Waals surface area contributed by atoms with Crippen LogP contribution in [0.2, 0.25) is 0 Å². The minimum Gasteiger partial charge on any atom is -0.481 e. The molecule has 1 aliphatic rings. The third-order valence-corrected chi connectivity index (χ3v) is 4.69. The predicted octanol–water partition coefficient (Wildman–Crippen LogP) is 3.05. The van der Waals surface area contributed by atoms with E-state index in [-0.39, 0.29) is 11.8 Å². The Balaban J connectivity index is 1.98. The first-order chi connectivity index (χ1) is 8.75. The number of pyridine rings is 1. The molecule has 1 aliphatic carbocycles. The van der Waals surface area contributed by atoms with Crippen LogP contribution in [0.4, 0.5) is 0 Å². The average molecular weight is 262 g/mol. The Morgan fingerprint density at radius 2 is 2.22 bits per heavy atom. The molecule has 2 heterocycles. The Labute approximate surface area is 109 Å². The van der Waals surface area contributed by atoms with Gasteiger partial charge in [-0.15, -0.1) is 0 Å². The first-order valence-corrected chi connectivity index (χ1v) is 7.01. The standard InChI is InChI=1S/C13H14N2O2S/c16-13(17)9-5-2-1-4-8(9)11-15-10-6-3-7-14-12(10)18-11/h3,6-9H,1-2,4-5H2,(H,16,17). The van der Waals surface area contributed by atoms with Crippen molar-refractivity contribution in [2.45, 2.75) is 31.6 Å². The van der Waals surface area contributed by atoms with E-state index in [4.69, 9.17) is 0 Å². The van der Waals surface area contributed by atoms with Crippen LogP contribution >= 0.6 is 11.3 Å². The molecule has 5 heteroatoms. The second-order valence-electron chi connectivity index (χ2n) is 4.72. The van der Waals surface area contributed by atoms with Crippen LogP contribution in [0.15, 0.2) is 18.3 Å². The van der Waals surface area contributed by atoms with Gasteiger partial charge >= 0.3 is 5.97 Å². The van der Waals surface area contributed by atoms with Crippen molar-refractivity contribution in [3.05, 3.63) is 23.3 Å². The van der Waals surface area contributed by atoms with Crippen molar-refractivity contribution in [3.8, 4) is 0 Å². The van der Waals surface area contributed by atoms with E-state index in [0.29, 0.717) is 0 Å². The van der Waals surface area contributed by atoms with Crippen LogP contribution in [0, 0.1) is 5.92 Å². The zero-order chi connectivity index (χ0) is 12.5. The van der Waals surface area contributed by atoms with Gasteiger partial charge in [0.1, 0.15) is 10.3 Å². The fourth-order valence-electron chi connectivity index (χ4n) is 2.67. The lowest BCUT2D eigenvalue weighted by Gasteiger charge is -2.26. The molecule has 2 unspecified atom stereocenters. The lowest BCUT2D eigenvalue weighted by molar-refractivity contribution is -0.143. The van der Waals surface area contributed by atoms with Gasteiger partial charge in [-0.2, -0.15) is 0 Å². The van der Waals surface area contributed by atoms with Crippen molar-refractivity contribution >= 4 is 27.7 Å². The van der Waals surface area contributed by atoms with Crippen LogP contribution < -0.4 is 0 Å². The Morgan fingerprint density at radius 1 is 1.39 bits per heavy atom. The van der Waals surface area contributed by atoms with Crippen molar-refractivity contribution in [1.29, 1.82) is 0 Å². The first kappa shape index (κ1) is 11.6. The molecule has 3 rings (SSSR count). The van der Waals surface area contributed by atoms with E-state index in [1.54, 1.807) is 6.20 Å². The summed E-state index contributed by atoms with van der Waals surface area (Å²) < 4.78 is 0. The summed E-state index contributed by atoms with van der Waals surface area (Å²) in [6.07, 6.45) is 5.55. The molecule has 94 valence electrons. The highest BCUT2D eigenvalue weighted by Crippen LogP contribution is 2.40. The normalized spacial score (nSPS) is 24.2. The molecule has 0 saturated heterocycles. The Bertz CT molecular complexity index is 548. The third kappa shape index (κ3) is 1.99. The maximum absolute atomic E-state index is 11.3. The lowest BCUT2D eigenvalue weighted by atomic mass is 9.79. The molecule has 0 spiro atoms. The summed E-state index contributed by atoms with van der Waals surface area (Å²) in [6.45, 7) is 0. The van der Waals surface area contributed by atoms with Gasteiger partial charge in [-0.1, -0.05) is 24.2 Å². The fraction of sp³-hybridized carbons (Fsp3) is 0.462. The molecular weight excluding hydrogens is 248 g/mol. The van der Waals surface area contributed by atoms with E-state index >= 15 is 0 Å². The van der Waals surface area contributed by atoms with Gasteiger partial charge in [0.05, 0.1) is 10.9 Å². The van der Waals surface area contributed by atoms with E-state index in [1.165, 1.54) is 11.3 Å². The molecule has 2 aromatic heterocycles. The molecule has 1 fully saturated rings. The summed E-state index contributed by atoms with van der Waals surface area (Å²) in [5, 5.41) is 10.2. The monoisotopic (exact) mass is 262 g/mol. The molecule has 1 N–H and O–H groups in total. The number of carboxylic acids is 1. The maximum Gasteiger partial charge on any atom is 0.307 e. The second-order valence-corrected chi connectivity index (χ2v) is 5.72. The summed E-state index contributed by atoms with van der Waals surface area (Å²) in [4.78, 5) is 21.1. The largest absolute Gasteiger partial charge is 0.481 e. The molecule has 2 aromatic rings. The zero-order valence-corrected chi connectivity index (χ0v) is 10.7. The van der Waals surface area contributed by atoms with Gasteiger partial charge in [0.25, 0.3) is 0 Å².